The fourth-order valence-corrected chi connectivity index (χ4v) is 4.87. The van der Waals surface area contributed by atoms with E-state index in [-0.39, 0.29) is 17.4 Å². The molecule has 1 aromatic heterocycles. The zero-order valence-electron chi connectivity index (χ0n) is 18.4. The van der Waals surface area contributed by atoms with E-state index >= 15 is 0 Å². The summed E-state index contributed by atoms with van der Waals surface area (Å²) in [7, 11) is 0. The van der Waals surface area contributed by atoms with Crippen LogP contribution in [-0.4, -0.2) is 10.7 Å². The number of pyridine rings is 1. The molecule has 0 bridgehead atoms. The molecule has 0 saturated heterocycles. The SMILES string of the molecule is Cc1c(OC(=O)N[C@H](c2ccccc2Cl)C2CC2)c2cccc(Cl)c2c(=O)n1-c1ccccc1. The molecule has 7 heteroatoms. The number of carbonyl (C=O) groups excluding carboxylic acids is 1. The van der Waals surface area contributed by atoms with Crippen LogP contribution in [0.3, 0.4) is 0 Å². The third kappa shape index (κ3) is 4.17. The van der Waals surface area contributed by atoms with Crippen molar-refractivity contribution >= 4 is 40.1 Å². The van der Waals surface area contributed by atoms with Crippen molar-refractivity contribution < 1.29 is 9.53 Å². The van der Waals surface area contributed by atoms with E-state index in [0.29, 0.717) is 38.1 Å². The summed E-state index contributed by atoms with van der Waals surface area (Å²) in [5.41, 5.74) is 1.75. The quantitative estimate of drug-likeness (QED) is 0.331. The molecular weight excluding hydrogens is 471 g/mol. The Kier molecular flexibility index (Phi) is 6.07. The summed E-state index contributed by atoms with van der Waals surface area (Å²) in [5.74, 6) is 0.588. The Hall–Kier alpha value is -3.28. The number of hydrogen-bond donors (Lipinski definition) is 1. The zero-order valence-corrected chi connectivity index (χ0v) is 19.9. The number of fused-ring (bicyclic) bond motifs is 1. The summed E-state index contributed by atoms with van der Waals surface area (Å²) < 4.78 is 7.41. The molecule has 172 valence electrons. The van der Waals surface area contributed by atoms with Crippen molar-refractivity contribution in [3.05, 3.63) is 104 Å². The number of ether oxygens (including phenoxy) is 1. The summed E-state index contributed by atoms with van der Waals surface area (Å²) in [4.78, 5) is 26.6. The highest BCUT2D eigenvalue weighted by Crippen LogP contribution is 2.43. The van der Waals surface area contributed by atoms with E-state index in [4.69, 9.17) is 27.9 Å². The van der Waals surface area contributed by atoms with Crippen molar-refractivity contribution in [1.82, 2.24) is 9.88 Å². The van der Waals surface area contributed by atoms with Crippen LogP contribution in [0.25, 0.3) is 16.5 Å². The third-order valence-electron chi connectivity index (χ3n) is 6.16. The molecule has 1 fully saturated rings. The van der Waals surface area contributed by atoms with E-state index in [0.717, 1.165) is 18.4 Å². The molecule has 5 rings (SSSR count). The Balaban J connectivity index is 1.57. The average molecular weight is 493 g/mol. The van der Waals surface area contributed by atoms with Crippen LogP contribution in [0.2, 0.25) is 10.0 Å². The van der Waals surface area contributed by atoms with Crippen LogP contribution in [0.4, 0.5) is 4.79 Å². The molecule has 4 aromatic rings. The molecule has 1 heterocycles. The zero-order chi connectivity index (χ0) is 23.8. The van der Waals surface area contributed by atoms with Gasteiger partial charge in [-0.2, -0.15) is 0 Å². The second-order valence-corrected chi connectivity index (χ2v) is 9.24. The molecule has 1 N–H and O–H groups in total. The summed E-state index contributed by atoms with van der Waals surface area (Å²) in [5, 5.41) is 4.68. The first-order chi connectivity index (χ1) is 16.5. The van der Waals surface area contributed by atoms with Crippen molar-refractivity contribution in [2.45, 2.75) is 25.8 Å². The topological polar surface area (TPSA) is 60.3 Å². The normalized spacial score (nSPS) is 14.1. The maximum absolute atomic E-state index is 13.4. The monoisotopic (exact) mass is 492 g/mol. The molecule has 34 heavy (non-hydrogen) atoms. The van der Waals surface area contributed by atoms with Gasteiger partial charge >= 0.3 is 6.09 Å². The van der Waals surface area contributed by atoms with Gasteiger partial charge in [-0.05, 0) is 55.5 Å². The van der Waals surface area contributed by atoms with E-state index < -0.39 is 6.09 Å². The predicted octanol–water partition coefficient (Wildman–Crippen LogP) is 6.85. The van der Waals surface area contributed by atoms with Crippen LogP contribution in [0.1, 0.15) is 30.1 Å². The molecule has 0 unspecified atom stereocenters. The van der Waals surface area contributed by atoms with Crippen molar-refractivity contribution in [2.24, 2.45) is 5.92 Å². The van der Waals surface area contributed by atoms with Crippen molar-refractivity contribution in [1.29, 1.82) is 0 Å². The van der Waals surface area contributed by atoms with Crippen LogP contribution < -0.4 is 15.6 Å². The molecule has 1 atom stereocenters. The molecule has 1 amide bonds. The largest absolute Gasteiger partial charge is 0.413 e. The molecule has 1 aliphatic carbocycles. The number of aromatic nitrogens is 1. The minimum absolute atomic E-state index is 0.253. The maximum Gasteiger partial charge on any atom is 0.413 e. The average Bonchev–Trinajstić information content (AvgIpc) is 3.67. The maximum atomic E-state index is 13.4. The van der Waals surface area contributed by atoms with Crippen molar-refractivity contribution in [2.75, 3.05) is 0 Å². The lowest BCUT2D eigenvalue weighted by atomic mass is 10.0. The summed E-state index contributed by atoms with van der Waals surface area (Å²) >= 11 is 12.8. The third-order valence-corrected chi connectivity index (χ3v) is 6.81. The van der Waals surface area contributed by atoms with E-state index in [1.165, 1.54) is 4.57 Å². The predicted molar refractivity (Wildman–Crippen MR) is 135 cm³/mol. The molecule has 5 nitrogen and oxygen atoms in total. The molecule has 0 radical (unpaired) electrons. The highest BCUT2D eigenvalue weighted by molar-refractivity contribution is 6.35. The smallest absolute Gasteiger partial charge is 0.408 e. The van der Waals surface area contributed by atoms with Crippen molar-refractivity contribution in [3.8, 4) is 11.4 Å². The molecule has 1 saturated carbocycles. The van der Waals surface area contributed by atoms with Crippen molar-refractivity contribution in [3.63, 3.8) is 0 Å². The lowest BCUT2D eigenvalue weighted by molar-refractivity contribution is 0.194. The van der Waals surface area contributed by atoms with Crippen LogP contribution >= 0.6 is 23.2 Å². The minimum Gasteiger partial charge on any atom is -0.408 e. The fraction of sp³-hybridized carbons (Fsp3) is 0.185. The Morgan fingerprint density at radius 2 is 1.65 bits per heavy atom. The van der Waals surface area contributed by atoms with Gasteiger partial charge in [-0.1, -0.05) is 71.7 Å². The molecule has 0 aliphatic heterocycles. The van der Waals surface area contributed by atoms with Crippen LogP contribution in [0.15, 0.2) is 77.6 Å². The van der Waals surface area contributed by atoms with Gasteiger partial charge in [-0.25, -0.2) is 4.79 Å². The fourth-order valence-electron chi connectivity index (χ4n) is 4.36. The molecule has 3 aromatic carbocycles. The van der Waals surface area contributed by atoms with Gasteiger partial charge in [0.05, 0.1) is 22.1 Å². The first-order valence-corrected chi connectivity index (χ1v) is 11.8. The highest BCUT2D eigenvalue weighted by atomic mass is 35.5. The minimum atomic E-state index is -0.612. The van der Waals surface area contributed by atoms with Gasteiger partial charge in [0.25, 0.3) is 5.56 Å². The van der Waals surface area contributed by atoms with Gasteiger partial charge in [0, 0.05) is 16.1 Å². The second kappa shape index (κ2) is 9.16. The Labute approximate surface area is 206 Å². The van der Waals surface area contributed by atoms with Gasteiger partial charge in [0.1, 0.15) is 0 Å². The van der Waals surface area contributed by atoms with Gasteiger partial charge in [0.15, 0.2) is 5.75 Å². The standard InChI is InChI=1S/C27H22Cl2N2O3/c1-16-25(34-27(33)30-24(17-14-15-17)19-10-5-6-12-21(19)28)20-11-7-13-22(29)23(20)26(32)31(16)18-8-3-2-4-9-18/h2-13,17,24H,14-15H2,1H3,(H,30,33)/t24-/m0/s1. The van der Waals surface area contributed by atoms with Gasteiger partial charge in [-0.15, -0.1) is 0 Å². The number of halogens is 2. The highest BCUT2D eigenvalue weighted by Gasteiger charge is 2.35. The first kappa shape index (κ1) is 22.5. The van der Waals surface area contributed by atoms with E-state index in [2.05, 4.69) is 5.32 Å². The van der Waals surface area contributed by atoms with Gasteiger partial charge in [-0.3, -0.25) is 9.36 Å². The lowest BCUT2D eigenvalue weighted by Gasteiger charge is -2.21. The van der Waals surface area contributed by atoms with Crippen LogP contribution in [0, 0.1) is 12.8 Å². The van der Waals surface area contributed by atoms with E-state index in [1.54, 1.807) is 25.1 Å². The summed E-state index contributed by atoms with van der Waals surface area (Å²) in [6.07, 6.45) is 1.40. The number of amides is 1. The van der Waals surface area contributed by atoms with Gasteiger partial charge in [0.2, 0.25) is 0 Å². The number of rotatable bonds is 5. The summed E-state index contributed by atoms with van der Waals surface area (Å²) in [6, 6.07) is 21.6. The Morgan fingerprint density at radius 1 is 0.971 bits per heavy atom. The van der Waals surface area contributed by atoms with E-state index in [1.807, 2.05) is 54.6 Å². The number of nitrogens with zero attached hydrogens (tertiary/aromatic N) is 1. The number of hydrogen-bond acceptors (Lipinski definition) is 3. The number of nitrogens with one attached hydrogen (secondary N) is 1. The molecular formula is C27H22Cl2N2O3. The van der Waals surface area contributed by atoms with Gasteiger partial charge < -0.3 is 10.1 Å². The Bertz CT molecular complexity index is 1450. The lowest BCUT2D eigenvalue weighted by Crippen LogP contribution is -2.33. The molecule has 0 spiro atoms. The number of benzene rings is 3. The first-order valence-electron chi connectivity index (χ1n) is 11.1. The molecule has 1 aliphatic rings. The van der Waals surface area contributed by atoms with Crippen LogP contribution in [0.5, 0.6) is 5.75 Å². The van der Waals surface area contributed by atoms with Crippen LogP contribution in [-0.2, 0) is 0 Å². The second-order valence-electron chi connectivity index (χ2n) is 8.42. The Morgan fingerprint density at radius 3 is 2.35 bits per heavy atom. The number of para-hydroxylation sites is 1. The number of carbonyl (C=O) groups is 1. The van der Waals surface area contributed by atoms with E-state index in [9.17, 15) is 9.59 Å². The summed E-state index contributed by atoms with van der Waals surface area (Å²) in [6.45, 7) is 1.75.